The van der Waals surface area contributed by atoms with E-state index in [1.54, 1.807) is 18.2 Å². The van der Waals surface area contributed by atoms with Crippen molar-refractivity contribution >= 4 is 11.9 Å². The lowest BCUT2D eigenvalue weighted by Crippen LogP contribution is -2.13. The van der Waals surface area contributed by atoms with Crippen LogP contribution in [0.25, 0.3) is 11.5 Å². The van der Waals surface area contributed by atoms with Crippen molar-refractivity contribution < 1.29 is 32.9 Å². The minimum atomic E-state index is -0.481. The van der Waals surface area contributed by atoms with E-state index < -0.39 is 5.91 Å². The Bertz CT molecular complexity index is 1040. The Hall–Kier alpha value is -3.95. The second-order valence-electron chi connectivity index (χ2n) is 5.85. The lowest BCUT2D eigenvalue weighted by molar-refractivity contribution is 0.102. The number of benzene rings is 2. The quantitative estimate of drug-likeness (QED) is 0.668. The molecule has 0 bridgehead atoms. The van der Waals surface area contributed by atoms with E-state index in [2.05, 4.69) is 15.5 Å². The third kappa shape index (κ3) is 3.47. The molecule has 0 aliphatic carbocycles. The number of amides is 1. The van der Waals surface area contributed by atoms with E-state index in [-0.39, 0.29) is 24.3 Å². The molecule has 0 atom stereocenters. The number of fused-ring (bicyclic) bond motifs is 1. The SMILES string of the molecule is COc1cc(C(=O)Nc2nnc(-c3ccc4c(c3)OCO4)o2)cc(OC)c1OC. The zero-order valence-corrected chi connectivity index (χ0v) is 15.8. The van der Waals surface area contributed by atoms with Gasteiger partial charge in [-0.2, -0.15) is 0 Å². The van der Waals surface area contributed by atoms with Crippen molar-refractivity contribution in [2.45, 2.75) is 0 Å². The first kappa shape index (κ1) is 18.4. The fourth-order valence-electron chi connectivity index (χ4n) is 2.80. The summed E-state index contributed by atoms with van der Waals surface area (Å²) in [4.78, 5) is 12.6. The standard InChI is InChI=1S/C19H17N3O7/c1-24-14-7-11(8-15(25-2)16(14)26-3)17(23)20-19-22-21-18(29-19)10-4-5-12-13(6-10)28-9-27-12/h4-8H,9H2,1-3H3,(H,20,22,23). The summed E-state index contributed by atoms with van der Waals surface area (Å²) in [5.74, 6) is 2.06. The predicted octanol–water partition coefficient (Wildman–Crippen LogP) is 2.74. The summed E-state index contributed by atoms with van der Waals surface area (Å²) in [5.41, 5.74) is 0.900. The number of carbonyl (C=O) groups is 1. The van der Waals surface area contributed by atoms with Gasteiger partial charge in [0, 0.05) is 11.1 Å². The Balaban J connectivity index is 1.55. The first-order valence-corrected chi connectivity index (χ1v) is 8.48. The van der Waals surface area contributed by atoms with Crippen LogP contribution in [0.2, 0.25) is 0 Å². The zero-order valence-electron chi connectivity index (χ0n) is 15.8. The molecular formula is C19H17N3O7. The fourth-order valence-corrected chi connectivity index (χ4v) is 2.80. The molecule has 1 aliphatic heterocycles. The van der Waals surface area contributed by atoms with Gasteiger partial charge in [0.25, 0.3) is 5.91 Å². The van der Waals surface area contributed by atoms with Crippen LogP contribution in [-0.2, 0) is 0 Å². The number of nitrogens with zero attached hydrogens (tertiary/aromatic N) is 2. The third-order valence-electron chi connectivity index (χ3n) is 4.19. The molecule has 0 saturated heterocycles. The molecule has 4 rings (SSSR count). The zero-order chi connectivity index (χ0) is 20.4. The highest BCUT2D eigenvalue weighted by Gasteiger charge is 2.20. The fraction of sp³-hybridized carbons (Fsp3) is 0.211. The normalized spacial score (nSPS) is 11.8. The summed E-state index contributed by atoms with van der Waals surface area (Å²) in [6.45, 7) is 0.165. The highest BCUT2D eigenvalue weighted by atomic mass is 16.7. The van der Waals surface area contributed by atoms with E-state index in [9.17, 15) is 4.79 Å². The molecule has 1 N–H and O–H groups in total. The van der Waals surface area contributed by atoms with Gasteiger partial charge in [0.05, 0.1) is 21.3 Å². The third-order valence-corrected chi connectivity index (χ3v) is 4.19. The smallest absolute Gasteiger partial charge is 0.322 e. The average Bonchev–Trinajstić information content (AvgIpc) is 3.41. The molecule has 0 radical (unpaired) electrons. The Kier molecular flexibility index (Phi) is 4.82. The second-order valence-corrected chi connectivity index (χ2v) is 5.85. The van der Waals surface area contributed by atoms with Crippen LogP contribution in [0.3, 0.4) is 0 Å². The summed E-state index contributed by atoms with van der Waals surface area (Å²) in [6.07, 6.45) is 0. The van der Waals surface area contributed by atoms with Crippen LogP contribution in [0.4, 0.5) is 6.01 Å². The van der Waals surface area contributed by atoms with Gasteiger partial charge in [-0.05, 0) is 30.3 Å². The van der Waals surface area contributed by atoms with Crippen LogP contribution in [0.15, 0.2) is 34.7 Å². The van der Waals surface area contributed by atoms with Crippen LogP contribution in [0.5, 0.6) is 28.7 Å². The number of hydrogen-bond acceptors (Lipinski definition) is 9. The highest BCUT2D eigenvalue weighted by molar-refractivity contribution is 6.04. The van der Waals surface area contributed by atoms with Crippen molar-refractivity contribution in [1.29, 1.82) is 0 Å². The van der Waals surface area contributed by atoms with Gasteiger partial charge < -0.3 is 28.1 Å². The molecule has 10 heteroatoms. The largest absolute Gasteiger partial charge is 0.493 e. The van der Waals surface area contributed by atoms with E-state index in [4.69, 9.17) is 28.1 Å². The first-order valence-electron chi connectivity index (χ1n) is 8.48. The number of methoxy groups -OCH3 is 3. The summed E-state index contributed by atoms with van der Waals surface area (Å²) in [6, 6.07) is 8.21. The van der Waals surface area contributed by atoms with Gasteiger partial charge in [-0.3, -0.25) is 10.1 Å². The molecule has 150 valence electrons. The molecule has 2 heterocycles. The minimum Gasteiger partial charge on any atom is -0.493 e. The van der Waals surface area contributed by atoms with Gasteiger partial charge in [-0.15, -0.1) is 5.10 Å². The Morgan fingerprint density at radius 1 is 0.966 bits per heavy atom. The number of hydrogen-bond donors (Lipinski definition) is 1. The lowest BCUT2D eigenvalue weighted by Gasteiger charge is -2.13. The van der Waals surface area contributed by atoms with Crippen LogP contribution >= 0.6 is 0 Å². The highest BCUT2D eigenvalue weighted by Crippen LogP contribution is 2.38. The topological polar surface area (TPSA) is 114 Å². The summed E-state index contributed by atoms with van der Waals surface area (Å²) in [7, 11) is 4.42. The second kappa shape index (κ2) is 7.58. The number of aromatic nitrogens is 2. The molecule has 10 nitrogen and oxygen atoms in total. The molecule has 1 aromatic heterocycles. The molecule has 1 aliphatic rings. The van der Waals surface area contributed by atoms with Crippen molar-refractivity contribution in [2.24, 2.45) is 0 Å². The molecule has 1 amide bonds. The van der Waals surface area contributed by atoms with Crippen LogP contribution in [0, 0.1) is 0 Å². The number of anilines is 1. The van der Waals surface area contributed by atoms with Crippen molar-refractivity contribution in [3.05, 3.63) is 35.9 Å². The monoisotopic (exact) mass is 399 g/mol. The average molecular weight is 399 g/mol. The van der Waals surface area contributed by atoms with E-state index in [0.29, 0.717) is 34.3 Å². The van der Waals surface area contributed by atoms with E-state index in [1.165, 1.54) is 33.5 Å². The van der Waals surface area contributed by atoms with E-state index >= 15 is 0 Å². The van der Waals surface area contributed by atoms with E-state index in [0.717, 1.165) is 0 Å². The predicted molar refractivity (Wildman–Crippen MR) is 99.9 cm³/mol. The molecule has 0 unspecified atom stereocenters. The lowest BCUT2D eigenvalue weighted by atomic mass is 10.1. The van der Waals surface area contributed by atoms with Crippen LogP contribution in [0.1, 0.15) is 10.4 Å². The molecule has 0 spiro atoms. The van der Waals surface area contributed by atoms with Crippen molar-refractivity contribution in [2.75, 3.05) is 33.4 Å². The van der Waals surface area contributed by atoms with Gasteiger partial charge in [-0.1, -0.05) is 5.10 Å². The van der Waals surface area contributed by atoms with Crippen LogP contribution < -0.4 is 29.0 Å². The molecule has 3 aromatic rings. The maximum atomic E-state index is 12.6. The number of nitrogens with one attached hydrogen (secondary N) is 1. The molecule has 0 saturated carbocycles. The van der Waals surface area contributed by atoms with Gasteiger partial charge in [0.1, 0.15) is 0 Å². The maximum absolute atomic E-state index is 12.6. The molecule has 2 aromatic carbocycles. The summed E-state index contributed by atoms with van der Waals surface area (Å²) in [5, 5.41) is 10.4. The Morgan fingerprint density at radius 2 is 1.69 bits per heavy atom. The number of ether oxygens (including phenoxy) is 5. The summed E-state index contributed by atoms with van der Waals surface area (Å²) < 4.78 is 31.9. The van der Waals surface area contributed by atoms with Gasteiger partial charge in [0.2, 0.25) is 18.4 Å². The van der Waals surface area contributed by atoms with E-state index in [1.807, 2.05) is 0 Å². The maximum Gasteiger partial charge on any atom is 0.322 e. The number of carbonyl (C=O) groups excluding carboxylic acids is 1. The van der Waals surface area contributed by atoms with Gasteiger partial charge >= 0.3 is 6.01 Å². The minimum absolute atomic E-state index is 0.0589. The molecular weight excluding hydrogens is 382 g/mol. The van der Waals surface area contributed by atoms with Crippen molar-refractivity contribution in [1.82, 2.24) is 10.2 Å². The van der Waals surface area contributed by atoms with Gasteiger partial charge in [0.15, 0.2) is 23.0 Å². The molecule has 0 fully saturated rings. The Morgan fingerprint density at radius 3 is 2.38 bits per heavy atom. The molecule has 29 heavy (non-hydrogen) atoms. The van der Waals surface area contributed by atoms with Gasteiger partial charge in [-0.25, -0.2) is 0 Å². The van der Waals surface area contributed by atoms with Crippen molar-refractivity contribution in [3.63, 3.8) is 0 Å². The summed E-state index contributed by atoms with van der Waals surface area (Å²) >= 11 is 0. The first-order chi connectivity index (χ1) is 14.1. The van der Waals surface area contributed by atoms with Crippen molar-refractivity contribution in [3.8, 4) is 40.2 Å². The number of rotatable bonds is 6. The van der Waals surface area contributed by atoms with Crippen LogP contribution in [-0.4, -0.2) is 44.2 Å². The Labute approximate surface area is 165 Å².